The largest absolute Gasteiger partial charge is 0.359 e. The lowest BCUT2D eigenvalue weighted by atomic mass is 9.97. The summed E-state index contributed by atoms with van der Waals surface area (Å²) in [4.78, 5) is 26.4. The SMILES string of the molecule is CNC(=O)C1CCCN(C(=O)N(C)C)C1. The third-order valence-corrected chi connectivity index (χ3v) is 2.69. The Morgan fingerprint density at radius 3 is 2.60 bits per heavy atom. The van der Waals surface area contributed by atoms with Crippen molar-refractivity contribution in [3.63, 3.8) is 0 Å². The maximum atomic E-state index is 11.7. The van der Waals surface area contributed by atoms with Gasteiger partial charge in [-0.2, -0.15) is 0 Å². The summed E-state index contributed by atoms with van der Waals surface area (Å²) in [7, 11) is 5.09. The van der Waals surface area contributed by atoms with E-state index in [9.17, 15) is 9.59 Å². The van der Waals surface area contributed by atoms with Gasteiger partial charge in [-0.3, -0.25) is 4.79 Å². The van der Waals surface area contributed by atoms with Crippen LogP contribution in [0.5, 0.6) is 0 Å². The number of urea groups is 1. The first kappa shape index (κ1) is 11.8. The van der Waals surface area contributed by atoms with Gasteiger partial charge in [0.25, 0.3) is 0 Å². The van der Waals surface area contributed by atoms with Crippen molar-refractivity contribution in [3.05, 3.63) is 0 Å². The smallest absolute Gasteiger partial charge is 0.319 e. The molecule has 1 rings (SSSR count). The van der Waals surface area contributed by atoms with Gasteiger partial charge in [-0.1, -0.05) is 0 Å². The van der Waals surface area contributed by atoms with Crippen LogP contribution in [-0.4, -0.2) is 56.0 Å². The normalized spacial score (nSPS) is 21.0. The fraction of sp³-hybridized carbons (Fsp3) is 0.800. The Hall–Kier alpha value is -1.26. The number of rotatable bonds is 1. The van der Waals surface area contributed by atoms with Crippen LogP contribution in [0.3, 0.4) is 0 Å². The minimum Gasteiger partial charge on any atom is -0.359 e. The van der Waals surface area contributed by atoms with E-state index in [0.717, 1.165) is 19.4 Å². The highest BCUT2D eigenvalue weighted by molar-refractivity contribution is 5.80. The quantitative estimate of drug-likeness (QED) is 0.673. The summed E-state index contributed by atoms with van der Waals surface area (Å²) in [6.07, 6.45) is 1.77. The monoisotopic (exact) mass is 213 g/mol. The molecule has 1 heterocycles. The molecule has 0 spiro atoms. The number of hydrogen-bond acceptors (Lipinski definition) is 2. The first-order valence-corrected chi connectivity index (χ1v) is 5.24. The van der Waals surface area contributed by atoms with Gasteiger partial charge < -0.3 is 15.1 Å². The van der Waals surface area contributed by atoms with E-state index in [0.29, 0.717) is 6.54 Å². The minimum absolute atomic E-state index is 0.0106. The second-order valence-electron chi connectivity index (χ2n) is 4.08. The van der Waals surface area contributed by atoms with E-state index in [1.165, 1.54) is 0 Å². The van der Waals surface area contributed by atoms with Gasteiger partial charge in [0.05, 0.1) is 5.92 Å². The van der Waals surface area contributed by atoms with Crippen molar-refractivity contribution in [1.29, 1.82) is 0 Å². The molecule has 1 atom stereocenters. The number of nitrogens with one attached hydrogen (secondary N) is 1. The highest BCUT2D eigenvalue weighted by Crippen LogP contribution is 2.17. The van der Waals surface area contributed by atoms with Crippen LogP contribution in [0.4, 0.5) is 4.79 Å². The van der Waals surface area contributed by atoms with Gasteiger partial charge in [-0.25, -0.2) is 4.79 Å². The molecule has 0 aromatic rings. The summed E-state index contributed by atoms with van der Waals surface area (Å²) in [6.45, 7) is 1.29. The van der Waals surface area contributed by atoms with E-state index in [1.54, 1.807) is 30.9 Å². The molecule has 0 radical (unpaired) electrons. The third kappa shape index (κ3) is 2.84. The molecule has 0 aromatic carbocycles. The van der Waals surface area contributed by atoms with Crippen LogP contribution >= 0.6 is 0 Å². The van der Waals surface area contributed by atoms with E-state index >= 15 is 0 Å². The Labute approximate surface area is 90.4 Å². The van der Waals surface area contributed by atoms with E-state index < -0.39 is 0 Å². The summed E-state index contributed by atoms with van der Waals surface area (Å²) >= 11 is 0. The van der Waals surface area contributed by atoms with Crippen molar-refractivity contribution in [2.75, 3.05) is 34.2 Å². The van der Waals surface area contributed by atoms with E-state index in [1.807, 2.05) is 0 Å². The predicted octanol–water partition coefficient (Wildman–Crippen LogP) is 0.126. The zero-order valence-corrected chi connectivity index (χ0v) is 9.62. The lowest BCUT2D eigenvalue weighted by Crippen LogP contribution is -2.48. The van der Waals surface area contributed by atoms with Gasteiger partial charge in [-0.05, 0) is 12.8 Å². The van der Waals surface area contributed by atoms with E-state index in [2.05, 4.69) is 5.32 Å². The average molecular weight is 213 g/mol. The van der Waals surface area contributed by atoms with Gasteiger partial charge in [0.15, 0.2) is 0 Å². The molecule has 1 saturated heterocycles. The zero-order chi connectivity index (χ0) is 11.4. The summed E-state index contributed by atoms with van der Waals surface area (Å²) in [5.41, 5.74) is 0. The molecular weight excluding hydrogens is 194 g/mol. The van der Waals surface area contributed by atoms with Crippen LogP contribution in [0, 0.1) is 5.92 Å². The molecule has 3 amide bonds. The van der Waals surface area contributed by atoms with Gasteiger partial charge in [0.1, 0.15) is 0 Å². The van der Waals surface area contributed by atoms with Gasteiger partial charge in [0, 0.05) is 34.2 Å². The number of carbonyl (C=O) groups excluding carboxylic acids is 2. The lowest BCUT2D eigenvalue weighted by Gasteiger charge is -2.33. The van der Waals surface area contributed by atoms with Crippen molar-refractivity contribution in [2.24, 2.45) is 5.92 Å². The van der Waals surface area contributed by atoms with Crippen molar-refractivity contribution in [1.82, 2.24) is 15.1 Å². The molecule has 0 bridgehead atoms. The van der Waals surface area contributed by atoms with Gasteiger partial charge in [0.2, 0.25) is 5.91 Å². The van der Waals surface area contributed by atoms with Crippen LogP contribution < -0.4 is 5.32 Å². The topological polar surface area (TPSA) is 52.7 Å². The molecule has 5 heteroatoms. The third-order valence-electron chi connectivity index (χ3n) is 2.69. The number of carbonyl (C=O) groups is 2. The molecule has 1 aliphatic heterocycles. The number of hydrogen-bond donors (Lipinski definition) is 1. The minimum atomic E-state index is -0.0485. The zero-order valence-electron chi connectivity index (χ0n) is 9.62. The number of piperidine rings is 1. The summed E-state index contributed by atoms with van der Waals surface area (Å²) in [5, 5.41) is 2.63. The summed E-state index contributed by atoms with van der Waals surface area (Å²) < 4.78 is 0. The van der Waals surface area contributed by atoms with Crippen LogP contribution in [0.1, 0.15) is 12.8 Å². The molecule has 86 valence electrons. The number of likely N-dealkylation sites (tertiary alicyclic amines) is 1. The Morgan fingerprint density at radius 2 is 2.07 bits per heavy atom. The Balaban J connectivity index is 2.56. The van der Waals surface area contributed by atoms with Crippen molar-refractivity contribution in [2.45, 2.75) is 12.8 Å². The second-order valence-corrected chi connectivity index (χ2v) is 4.08. The first-order valence-electron chi connectivity index (χ1n) is 5.24. The lowest BCUT2D eigenvalue weighted by molar-refractivity contribution is -0.125. The van der Waals surface area contributed by atoms with Gasteiger partial charge in [-0.15, -0.1) is 0 Å². The molecule has 5 nitrogen and oxygen atoms in total. The van der Waals surface area contributed by atoms with Crippen LogP contribution in [-0.2, 0) is 4.79 Å². The highest BCUT2D eigenvalue weighted by Gasteiger charge is 2.28. The maximum Gasteiger partial charge on any atom is 0.319 e. The molecule has 1 aliphatic rings. The molecule has 1 unspecified atom stereocenters. The van der Waals surface area contributed by atoms with Crippen LogP contribution in [0.15, 0.2) is 0 Å². The molecule has 1 N–H and O–H groups in total. The summed E-state index contributed by atoms with van der Waals surface area (Å²) in [6, 6.07) is -0.0106. The van der Waals surface area contributed by atoms with Gasteiger partial charge >= 0.3 is 6.03 Å². The van der Waals surface area contributed by atoms with E-state index in [-0.39, 0.29) is 17.9 Å². The van der Waals surface area contributed by atoms with E-state index in [4.69, 9.17) is 0 Å². The molecule has 0 aromatic heterocycles. The number of nitrogens with zero attached hydrogens (tertiary/aromatic N) is 2. The fourth-order valence-corrected chi connectivity index (χ4v) is 1.85. The Morgan fingerprint density at radius 1 is 1.40 bits per heavy atom. The van der Waals surface area contributed by atoms with Crippen molar-refractivity contribution in [3.8, 4) is 0 Å². The molecule has 0 saturated carbocycles. The molecule has 0 aliphatic carbocycles. The molecule has 1 fully saturated rings. The van der Waals surface area contributed by atoms with Crippen molar-refractivity contribution < 1.29 is 9.59 Å². The average Bonchev–Trinajstić information content (AvgIpc) is 2.27. The number of amides is 3. The molecule has 15 heavy (non-hydrogen) atoms. The predicted molar refractivity (Wildman–Crippen MR) is 57.4 cm³/mol. The Bertz CT molecular complexity index is 253. The second kappa shape index (κ2) is 5.00. The maximum absolute atomic E-state index is 11.7. The standard InChI is InChI=1S/C10H19N3O2/c1-11-9(14)8-5-4-6-13(7-8)10(15)12(2)3/h8H,4-7H2,1-3H3,(H,11,14). The van der Waals surface area contributed by atoms with Crippen molar-refractivity contribution >= 4 is 11.9 Å². The highest BCUT2D eigenvalue weighted by atomic mass is 16.2. The fourth-order valence-electron chi connectivity index (χ4n) is 1.85. The first-order chi connectivity index (χ1) is 7.06. The molecular formula is C10H19N3O2. The Kier molecular flexibility index (Phi) is 3.94. The summed E-state index contributed by atoms with van der Waals surface area (Å²) in [5.74, 6) is -0.0149. The van der Waals surface area contributed by atoms with Crippen LogP contribution in [0.25, 0.3) is 0 Å². The van der Waals surface area contributed by atoms with Crippen LogP contribution in [0.2, 0.25) is 0 Å².